The molecule has 22 heavy (non-hydrogen) atoms. The Labute approximate surface area is 131 Å². The van der Waals surface area contributed by atoms with Crippen LogP contribution in [0.1, 0.15) is 39.7 Å². The number of carbonyl (C=O) groups excluding carboxylic acids is 2. The second-order valence-corrected chi connectivity index (χ2v) is 7.02. The molecule has 5 nitrogen and oxygen atoms in total. The van der Waals surface area contributed by atoms with E-state index in [4.69, 9.17) is 10.5 Å². The molecule has 1 aromatic rings. The molecule has 0 spiro atoms. The van der Waals surface area contributed by atoms with E-state index in [9.17, 15) is 9.59 Å². The Hall–Kier alpha value is -1.88. The van der Waals surface area contributed by atoms with Gasteiger partial charge in [-0.1, -0.05) is 18.2 Å². The standard InChI is InChI=1S/C17H24N2O3/c1-16(2,3)22-14(20)11-19-13-8-6-5-7-12(13)9-10-17(4,18)15(19)21/h5-8H,9-11,18H2,1-4H3. The molecule has 1 atom stereocenters. The molecule has 1 heterocycles. The highest BCUT2D eigenvalue weighted by atomic mass is 16.6. The van der Waals surface area contributed by atoms with Gasteiger partial charge < -0.3 is 10.5 Å². The number of esters is 1. The number of hydrogen-bond donors (Lipinski definition) is 1. The number of anilines is 1. The summed E-state index contributed by atoms with van der Waals surface area (Å²) in [5, 5.41) is 0. The van der Waals surface area contributed by atoms with E-state index in [1.165, 1.54) is 4.90 Å². The molecule has 1 unspecified atom stereocenters. The van der Waals surface area contributed by atoms with Gasteiger partial charge in [-0.3, -0.25) is 14.5 Å². The minimum absolute atomic E-state index is 0.125. The number of aryl methyl sites for hydroxylation is 1. The lowest BCUT2D eigenvalue weighted by Crippen LogP contribution is -2.54. The van der Waals surface area contributed by atoms with Crippen molar-refractivity contribution >= 4 is 17.6 Å². The van der Waals surface area contributed by atoms with Gasteiger partial charge in [-0.25, -0.2) is 0 Å². The molecule has 120 valence electrons. The Bertz CT molecular complexity index is 588. The highest BCUT2D eigenvalue weighted by Gasteiger charge is 2.38. The predicted octanol–water partition coefficient (Wildman–Crippen LogP) is 2.02. The van der Waals surface area contributed by atoms with Gasteiger partial charge in [0.15, 0.2) is 0 Å². The van der Waals surface area contributed by atoms with E-state index < -0.39 is 17.1 Å². The SMILES string of the molecule is CC(C)(C)OC(=O)CN1C(=O)C(C)(N)CCc2ccccc21. The maximum Gasteiger partial charge on any atom is 0.326 e. The summed E-state index contributed by atoms with van der Waals surface area (Å²) in [6.45, 7) is 6.99. The molecule has 2 N–H and O–H groups in total. The van der Waals surface area contributed by atoms with E-state index in [1.807, 2.05) is 24.3 Å². The Balaban J connectivity index is 2.33. The van der Waals surface area contributed by atoms with E-state index in [2.05, 4.69) is 0 Å². The van der Waals surface area contributed by atoms with Crippen LogP contribution in [0.25, 0.3) is 0 Å². The molecule has 5 heteroatoms. The first-order chi connectivity index (χ1) is 10.1. The number of rotatable bonds is 2. The molecule has 0 fully saturated rings. The molecule has 0 saturated carbocycles. The molecule has 1 aliphatic heterocycles. The van der Waals surface area contributed by atoms with E-state index in [-0.39, 0.29) is 12.5 Å². The maximum atomic E-state index is 12.7. The number of amides is 1. The van der Waals surface area contributed by atoms with Crippen molar-refractivity contribution in [2.75, 3.05) is 11.4 Å². The first kappa shape index (κ1) is 16.5. The summed E-state index contributed by atoms with van der Waals surface area (Å²) in [5.74, 6) is -0.684. The fraction of sp³-hybridized carbons (Fsp3) is 0.529. The van der Waals surface area contributed by atoms with Crippen LogP contribution < -0.4 is 10.6 Å². The molecule has 1 aliphatic rings. The van der Waals surface area contributed by atoms with Crippen LogP contribution in [0.15, 0.2) is 24.3 Å². The van der Waals surface area contributed by atoms with Crippen LogP contribution in [0.3, 0.4) is 0 Å². The van der Waals surface area contributed by atoms with Crippen molar-refractivity contribution in [1.29, 1.82) is 0 Å². The number of benzene rings is 1. The molecular formula is C17H24N2O3. The van der Waals surface area contributed by atoms with Crippen LogP contribution in [0.4, 0.5) is 5.69 Å². The average Bonchev–Trinajstić information content (AvgIpc) is 2.48. The summed E-state index contributed by atoms with van der Waals surface area (Å²) in [7, 11) is 0. The zero-order chi connectivity index (χ0) is 16.5. The van der Waals surface area contributed by atoms with E-state index >= 15 is 0 Å². The van der Waals surface area contributed by atoms with Gasteiger partial charge in [0.2, 0.25) is 5.91 Å². The van der Waals surface area contributed by atoms with Crippen molar-refractivity contribution in [1.82, 2.24) is 0 Å². The Kier molecular flexibility index (Phi) is 4.29. The van der Waals surface area contributed by atoms with E-state index in [1.54, 1.807) is 27.7 Å². The third-order valence-electron chi connectivity index (χ3n) is 3.64. The molecule has 0 saturated heterocycles. The molecule has 0 radical (unpaired) electrons. The minimum atomic E-state index is -0.985. The first-order valence-electron chi connectivity index (χ1n) is 7.51. The summed E-state index contributed by atoms with van der Waals surface area (Å²) in [5.41, 5.74) is 6.34. The van der Waals surface area contributed by atoms with Crippen molar-refractivity contribution in [2.24, 2.45) is 5.73 Å². The molecule has 2 rings (SSSR count). The lowest BCUT2D eigenvalue weighted by molar-refractivity contribution is -0.153. The van der Waals surface area contributed by atoms with Gasteiger partial charge in [-0.2, -0.15) is 0 Å². The first-order valence-corrected chi connectivity index (χ1v) is 7.51. The van der Waals surface area contributed by atoms with Gasteiger partial charge in [0.05, 0.1) is 5.54 Å². The van der Waals surface area contributed by atoms with Gasteiger partial charge in [0.25, 0.3) is 0 Å². The second-order valence-electron chi connectivity index (χ2n) is 7.02. The van der Waals surface area contributed by atoms with Gasteiger partial charge in [0.1, 0.15) is 12.1 Å². The number of nitrogens with two attached hydrogens (primary N) is 1. The average molecular weight is 304 g/mol. The number of nitrogens with zero attached hydrogens (tertiary/aromatic N) is 1. The highest BCUT2D eigenvalue weighted by Crippen LogP contribution is 2.30. The fourth-order valence-electron chi connectivity index (χ4n) is 2.56. The number of hydrogen-bond acceptors (Lipinski definition) is 4. The smallest absolute Gasteiger partial charge is 0.326 e. The lowest BCUT2D eigenvalue weighted by atomic mass is 9.95. The Morgan fingerprint density at radius 1 is 1.36 bits per heavy atom. The Morgan fingerprint density at radius 2 is 2.00 bits per heavy atom. The fourth-order valence-corrected chi connectivity index (χ4v) is 2.56. The van der Waals surface area contributed by atoms with Gasteiger partial charge in [0, 0.05) is 5.69 Å². The molecule has 1 aromatic carbocycles. The van der Waals surface area contributed by atoms with Gasteiger partial charge in [-0.05, 0) is 52.2 Å². The summed E-state index contributed by atoms with van der Waals surface area (Å²) < 4.78 is 5.34. The minimum Gasteiger partial charge on any atom is -0.459 e. The number of ether oxygens (including phenoxy) is 1. The summed E-state index contributed by atoms with van der Waals surface area (Å²) in [6, 6.07) is 7.59. The third kappa shape index (κ3) is 3.65. The van der Waals surface area contributed by atoms with Crippen molar-refractivity contribution in [3.63, 3.8) is 0 Å². The van der Waals surface area contributed by atoms with Crippen LogP contribution in [-0.2, 0) is 20.7 Å². The number of para-hydroxylation sites is 1. The van der Waals surface area contributed by atoms with Crippen molar-refractivity contribution in [2.45, 2.75) is 51.7 Å². The largest absolute Gasteiger partial charge is 0.459 e. The number of carbonyl (C=O) groups is 2. The molecular weight excluding hydrogens is 280 g/mol. The van der Waals surface area contributed by atoms with Crippen molar-refractivity contribution < 1.29 is 14.3 Å². The van der Waals surface area contributed by atoms with Crippen molar-refractivity contribution in [3.8, 4) is 0 Å². The van der Waals surface area contributed by atoms with Crippen LogP contribution in [0.2, 0.25) is 0 Å². The van der Waals surface area contributed by atoms with Crippen LogP contribution >= 0.6 is 0 Å². The normalized spacial score (nSPS) is 22.0. The van der Waals surface area contributed by atoms with Gasteiger partial charge in [-0.15, -0.1) is 0 Å². The summed E-state index contributed by atoms with van der Waals surface area (Å²) in [4.78, 5) is 26.3. The monoisotopic (exact) mass is 304 g/mol. The molecule has 0 aliphatic carbocycles. The van der Waals surface area contributed by atoms with E-state index in [0.29, 0.717) is 12.8 Å². The highest BCUT2D eigenvalue weighted by molar-refractivity contribution is 6.04. The maximum absolute atomic E-state index is 12.7. The predicted molar refractivity (Wildman–Crippen MR) is 85.6 cm³/mol. The lowest BCUT2D eigenvalue weighted by Gasteiger charge is -2.30. The zero-order valence-corrected chi connectivity index (χ0v) is 13.7. The zero-order valence-electron chi connectivity index (χ0n) is 13.7. The van der Waals surface area contributed by atoms with E-state index in [0.717, 1.165) is 11.3 Å². The van der Waals surface area contributed by atoms with Gasteiger partial charge >= 0.3 is 5.97 Å². The second kappa shape index (κ2) is 5.72. The summed E-state index contributed by atoms with van der Waals surface area (Å²) >= 11 is 0. The molecule has 0 bridgehead atoms. The molecule has 0 aromatic heterocycles. The van der Waals surface area contributed by atoms with Crippen LogP contribution in [0, 0.1) is 0 Å². The van der Waals surface area contributed by atoms with Crippen molar-refractivity contribution in [3.05, 3.63) is 29.8 Å². The number of fused-ring (bicyclic) bond motifs is 1. The molecule has 1 amide bonds. The Morgan fingerprint density at radius 3 is 2.64 bits per heavy atom. The topological polar surface area (TPSA) is 72.6 Å². The summed E-state index contributed by atoms with van der Waals surface area (Å²) in [6.07, 6.45) is 1.26. The quantitative estimate of drug-likeness (QED) is 0.849. The third-order valence-corrected chi connectivity index (χ3v) is 3.64. The van der Waals surface area contributed by atoms with Crippen LogP contribution in [-0.4, -0.2) is 29.6 Å². The van der Waals surface area contributed by atoms with Crippen LogP contribution in [0.5, 0.6) is 0 Å².